The third-order valence-electron chi connectivity index (χ3n) is 4.40. The molecule has 0 atom stereocenters. The maximum absolute atomic E-state index is 12.7. The molecule has 1 amide bonds. The minimum Gasteiger partial charge on any atom is -0.383 e. The molecule has 0 radical (unpaired) electrons. The largest absolute Gasteiger partial charge is 0.383 e. The molecule has 1 aliphatic rings. The number of likely N-dealkylation sites (N-methyl/N-ethyl adjacent to an activating group) is 1. The van der Waals surface area contributed by atoms with Crippen LogP contribution in [0.2, 0.25) is 0 Å². The number of carbonyl (C=O) groups excluding carboxylic acids is 1. The maximum atomic E-state index is 12.7. The van der Waals surface area contributed by atoms with Crippen molar-refractivity contribution in [2.75, 3.05) is 57.9 Å². The summed E-state index contributed by atoms with van der Waals surface area (Å²) >= 11 is 1.35. The van der Waals surface area contributed by atoms with Crippen LogP contribution in [0.5, 0.6) is 0 Å². The van der Waals surface area contributed by atoms with Crippen LogP contribution in [-0.4, -0.2) is 78.3 Å². The topological polar surface area (TPSA) is 92.6 Å². The van der Waals surface area contributed by atoms with Crippen LogP contribution in [0.1, 0.15) is 6.92 Å². The Bertz CT molecular complexity index is 812. The number of thiazole rings is 1. The predicted molar refractivity (Wildman–Crippen MR) is 101 cm³/mol. The molecule has 1 saturated heterocycles. The molecule has 9 nitrogen and oxygen atoms in total. The highest BCUT2D eigenvalue weighted by atomic mass is 32.1. The third-order valence-corrected chi connectivity index (χ3v) is 5.50. The summed E-state index contributed by atoms with van der Waals surface area (Å²) in [4.78, 5) is 37.9. The molecule has 0 aromatic carbocycles. The van der Waals surface area contributed by atoms with Gasteiger partial charge in [-0.15, -0.1) is 0 Å². The fraction of sp³-hybridized carbons (Fsp3) is 0.625. The van der Waals surface area contributed by atoms with Crippen molar-refractivity contribution < 1.29 is 9.53 Å². The van der Waals surface area contributed by atoms with Crippen LogP contribution in [0, 0.1) is 0 Å². The number of fused-ring (bicyclic) bond motifs is 1. The predicted octanol–water partition coefficient (Wildman–Crippen LogP) is -0.242. The number of anilines is 1. The zero-order valence-electron chi connectivity index (χ0n) is 15.1. The van der Waals surface area contributed by atoms with Crippen LogP contribution in [0.15, 0.2) is 11.1 Å². The molecule has 0 unspecified atom stereocenters. The number of amides is 1. The van der Waals surface area contributed by atoms with Gasteiger partial charge in [-0.1, -0.05) is 18.3 Å². The van der Waals surface area contributed by atoms with Crippen molar-refractivity contribution in [1.29, 1.82) is 0 Å². The smallest absolute Gasteiger partial charge is 0.273 e. The highest BCUT2D eigenvalue weighted by Crippen LogP contribution is 2.26. The van der Waals surface area contributed by atoms with E-state index in [2.05, 4.69) is 32.0 Å². The molecule has 1 aliphatic heterocycles. The molecule has 3 rings (SSSR count). The Morgan fingerprint density at radius 3 is 2.81 bits per heavy atom. The molecule has 3 heterocycles. The SMILES string of the molecule is CCN1CCN(c2nc3ncn(CC(=O)NCCOC)c(=O)c3s2)CC1. The Hall–Kier alpha value is -2.04. The molecular formula is C16H24N6O3S. The fourth-order valence-corrected chi connectivity index (χ4v) is 3.86. The Kier molecular flexibility index (Phi) is 6.17. The van der Waals surface area contributed by atoms with E-state index >= 15 is 0 Å². The third kappa shape index (κ3) is 4.19. The molecule has 2 aromatic rings. The number of carbonyl (C=O) groups is 1. The summed E-state index contributed by atoms with van der Waals surface area (Å²) in [7, 11) is 1.57. The van der Waals surface area contributed by atoms with E-state index in [0.29, 0.717) is 23.5 Å². The molecule has 142 valence electrons. The second kappa shape index (κ2) is 8.56. The number of piperazine rings is 1. The van der Waals surface area contributed by atoms with Crippen LogP contribution in [-0.2, 0) is 16.1 Å². The number of nitrogens with one attached hydrogen (secondary N) is 1. The lowest BCUT2D eigenvalue weighted by Crippen LogP contribution is -2.46. The van der Waals surface area contributed by atoms with Crippen LogP contribution in [0.4, 0.5) is 5.13 Å². The zero-order chi connectivity index (χ0) is 18.5. The molecule has 2 aromatic heterocycles. The van der Waals surface area contributed by atoms with Gasteiger partial charge in [0.25, 0.3) is 5.56 Å². The number of ether oxygens (including phenoxy) is 1. The summed E-state index contributed by atoms with van der Waals surface area (Å²) in [6.45, 7) is 7.76. The zero-order valence-corrected chi connectivity index (χ0v) is 15.9. The molecule has 26 heavy (non-hydrogen) atoms. The van der Waals surface area contributed by atoms with Crippen molar-refractivity contribution >= 4 is 32.7 Å². The van der Waals surface area contributed by atoms with Gasteiger partial charge in [0, 0.05) is 39.8 Å². The molecule has 1 N–H and O–H groups in total. The van der Waals surface area contributed by atoms with Crippen molar-refractivity contribution in [3.05, 3.63) is 16.7 Å². The number of nitrogens with zero attached hydrogens (tertiary/aromatic N) is 5. The second-order valence-electron chi connectivity index (χ2n) is 6.09. The molecule has 10 heteroatoms. The summed E-state index contributed by atoms with van der Waals surface area (Å²) < 4.78 is 6.70. The second-order valence-corrected chi connectivity index (χ2v) is 7.07. The standard InChI is InChI=1S/C16H24N6O3S/c1-3-20-5-7-21(8-6-20)16-19-14-13(26-16)15(24)22(11-18-14)10-12(23)17-4-9-25-2/h11H,3-10H2,1-2H3,(H,17,23). The first-order valence-corrected chi connectivity index (χ1v) is 9.53. The van der Waals surface area contributed by atoms with Crippen LogP contribution in [0.25, 0.3) is 10.3 Å². The van der Waals surface area contributed by atoms with Gasteiger partial charge in [-0.25, -0.2) is 4.98 Å². The van der Waals surface area contributed by atoms with Gasteiger partial charge in [-0.2, -0.15) is 4.98 Å². The van der Waals surface area contributed by atoms with Gasteiger partial charge in [0.05, 0.1) is 6.61 Å². The van der Waals surface area contributed by atoms with Crippen molar-refractivity contribution in [3.63, 3.8) is 0 Å². The van der Waals surface area contributed by atoms with Gasteiger partial charge in [0.1, 0.15) is 17.6 Å². The minimum atomic E-state index is -0.245. The fourth-order valence-electron chi connectivity index (χ4n) is 2.84. The summed E-state index contributed by atoms with van der Waals surface area (Å²) in [5.41, 5.74) is 0.219. The van der Waals surface area contributed by atoms with E-state index in [1.54, 1.807) is 7.11 Å². The van der Waals surface area contributed by atoms with E-state index in [1.807, 2.05) is 0 Å². The lowest BCUT2D eigenvalue weighted by molar-refractivity contribution is -0.121. The lowest BCUT2D eigenvalue weighted by Gasteiger charge is -2.33. The van der Waals surface area contributed by atoms with E-state index in [4.69, 9.17) is 4.74 Å². The van der Waals surface area contributed by atoms with Crippen molar-refractivity contribution in [1.82, 2.24) is 24.8 Å². The molecule has 0 aliphatic carbocycles. The van der Waals surface area contributed by atoms with Crippen molar-refractivity contribution in [2.24, 2.45) is 0 Å². The number of hydrogen-bond acceptors (Lipinski definition) is 8. The van der Waals surface area contributed by atoms with Gasteiger partial charge in [0.2, 0.25) is 5.91 Å². The number of methoxy groups -OCH3 is 1. The monoisotopic (exact) mass is 380 g/mol. The molecule has 1 fully saturated rings. The normalized spacial score (nSPS) is 15.5. The quantitative estimate of drug-likeness (QED) is 0.663. The highest BCUT2D eigenvalue weighted by molar-refractivity contribution is 7.22. The Morgan fingerprint density at radius 2 is 2.12 bits per heavy atom. The van der Waals surface area contributed by atoms with Gasteiger partial charge in [0.15, 0.2) is 10.8 Å². The molecule has 0 spiro atoms. The van der Waals surface area contributed by atoms with E-state index in [0.717, 1.165) is 37.9 Å². The minimum absolute atomic E-state index is 0.0616. The first kappa shape index (κ1) is 18.7. The van der Waals surface area contributed by atoms with Crippen molar-refractivity contribution in [2.45, 2.75) is 13.5 Å². The van der Waals surface area contributed by atoms with E-state index in [9.17, 15) is 9.59 Å². The van der Waals surface area contributed by atoms with Gasteiger partial charge in [-0.3, -0.25) is 14.2 Å². The Morgan fingerprint density at radius 1 is 1.35 bits per heavy atom. The number of rotatable bonds is 7. The average molecular weight is 380 g/mol. The van der Waals surface area contributed by atoms with Crippen LogP contribution >= 0.6 is 11.3 Å². The Balaban J connectivity index is 1.73. The Labute approximate surface area is 155 Å². The lowest BCUT2D eigenvalue weighted by atomic mass is 10.3. The van der Waals surface area contributed by atoms with Crippen molar-refractivity contribution in [3.8, 4) is 0 Å². The van der Waals surface area contributed by atoms with Crippen LogP contribution < -0.4 is 15.8 Å². The maximum Gasteiger partial charge on any atom is 0.273 e. The molecule has 0 saturated carbocycles. The number of aromatic nitrogens is 3. The average Bonchev–Trinajstić information content (AvgIpc) is 3.09. The van der Waals surface area contributed by atoms with Gasteiger partial charge >= 0.3 is 0 Å². The van der Waals surface area contributed by atoms with E-state index < -0.39 is 0 Å². The highest BCUT2D eigenvalue weighted by Gasteiger charge is 2.20. The van der Waals surface area contributed by atoms with Crippen LogP contribution in [0.3, 0.4) is 0 Å². The van der Waals surface area contributed by atoms with E-state index in [1.165, 1.54) is 22.2 Å². The summed E-state index contributed by atoms with van der Waals surface area (Å²) in [6.07, 6.45) is 1.39. The van der Waals surface area contributed by atoms with Gasteiger partial charge < -0.3 is 19.9 Å². The summed E-state index contributed by atoms with van der Waals surface area (Å²) in [5.74, 6) is -0.245. The summed E-state index contributed by atoms with van der Waals surface area (Å²) in [5, 5.41) is 3.52. The van der Waals surface area contributed by atoms with E-state index in [-0.39, 0.29) is 18.0 Å². The van der Waals surface area contributed by atoms with Gasteiger partial charge in [-0.05, 0) is 6.54 Å². The molecule has 0 bridgehead atoms. The first-order chi connectivity index (χ1) is 12.6. The summed E-state index contributed by atoms with van der Waals surface area (Å²) in [6, 6.07) is 0. The molecular weight excluding hydrogens is 356 g/mol. The number of hydrogen-bond donors (Lipinski definition) is 1. The first-order valence-electron chi connectivity index (χ1n) is 8.71.